The summed E-state index contributed by atoms with van der Waals surface area (Å²) in [4.78, 5) is 14.9. The molecule has 1 aliphatic rings. The smallest absolute Gasteiger partial charge is 0.276 e. The molecule has 6 nitrogen and oxygen atoms in total. The molecule has 0 spiro atoms. The number of halogens is 1. The highest BCUT2D eigenvalue weighted by molar-refractivity contribution is 6.30. The largest absolute Gasteiger partial charge is 0.355 e. The number of carbonyl (C=O) groups is 1. The predicted octanol–water partition coefficient (Wildman–Crippen LogP) is 4.19. The first-order valence-electron chi connectivity index (χ1n) is 8.72. The van der Waals surface area contributed by atoms with E-state index in [0.29, 0.717) is 23.0 Å². The highest BCUT2D eigenvalue weighted by atomic mass is 35.5. The Hall–Kier alpha value is -2.60. The van der Waals surface area contributed by atoms with Crippen molar-refractivity contribution in [1.29, 1.82) is 0 Å². The van der Waals surface area contributed by atoms with Crippen molar-refractivity contribution in [2.45, 2.75) is 32.4 Å². The molecule has 1 saturated heterocycles. The van der Waals surface area contributed by atoms with Gasteiger partial charge < -0.3 is 9.42 Å². The second-order valence-corrected chi connectivity index (χ2v) is 6.75. The maximum Gasteiger partial charge on any atom is 0.276 e. The number of aromatic nitrogens is 3. The van der Waals surface area contributed by atoms with Crippen molar-refractivity contribution >= 4 is 17.5 Å². The van der Waals surface area contributed by atoms with Crippen molar-refractivity contribution in [3.63, 3.8) is 0 Å². The lowest BCUT2D eigenvalue weighted by Gasteiger charge is -2.24. The Morgan fingerprint density at radius 1 is 1.35 bits per heavy atom. The van der Waals surface area contributed by atoms with Crippen molar-refractivity contribution < 1.29 is 9.32 Å². The van der Waals surface area contributed by atoms with Gasteiger partial charge in [-0.05, 0) is 38.0 Å². The third-order valence-corrected chi connectivity index (χ3v) is 4.98. The fourth-order valence-electron chi connectivity index (χ4n) is 3.51. The van der Waals surface area contributed by atoms with Crippen LogP contribution in [0.2, 0.25) is 5.02 Å². The van der Waals surface area contributed by atoms with Gasteiger partial charge in [0.05, 0.1) is 11.7 Å². The van der Waals surface area contributed by atoms with E-state index >= 15 is 0 Å². The molecule has 26 heavy (non-hydrogen) atoms. The summed E-state index contributed by atoms with van der Waals surface area (Å²) >= 11 is 6.03. The van der Waals surface area contributed by atoms with Crippen LogP contribution in [0.5, 0.6) is 0 Å². The first-order valence-corrected chi connectivity index (χ1v) is 9.10. The van der Waals surface area contributed by atoms with E-state index in [-0.39, 0.29) is 11.9 Å². The van der Waals surface area contributed by atoms with Gasteiger partial charge in [-0.3, -0.25) is 9.48 Å². The number of benzene rings is 1. The van der Waals surface area contributed by atoms with Crippen molar-refractivity contribution in [2.75, 3.05) is 6.54 Å². The topological polar surface area (TPSA) is 64.2 Å². The second kappa shape index (κ2) is 6.96. The second-order valence-electron chi connectivity index (χ2n) is 6.32. The van der Waals surface area contributed by atoms with Gasteiger partial charge in [0.2, 0.25) is 0 Å². The molecule has 0 bridgehead atoms. The quantitative estimate of drug-likeness (QED) is 0.690. The number of hydrogen-bond donors (Lipinski definition) is 0. The fourth-order valence-corrected chi connectivity index (χ4v) is 3.70. The molecule has 1 atom stereocenters. The third-order valence-electron chi connectivity index (χ3n) is 4.74. The Kier molecular flexibility index (Phi) is 4.51. The summed E-state index contributed by atoms with van der Waals surface area (Å²) in [7, 11) is 0. The molecule has 3 aromatic rings. The lowest BCUT2D eigenvalue weighted by molar-refractivity contribution is 0.0719. The van der Waals surface area contributed by atoms with E-state index in [4.69, 9.17) is 16.1 Å². The summed E-state index contributed by atoms with van der Waals surface area (Å²) in [6, 6.07) is 11.0. The number of nitrogens with zero attached hydrogens (tertiary/aromatic N) is 4. The Labute approximate surface area is 156 Å². The van der Waals surface area contributed by atoms with Crippen molar-refractivity contribution in [3.8, 4) is 11.3 Å². The fraction of sp³-hybridized carbons (Fsp3) is 0.316. The molecule has 3 heterocycles. The standard InChI is InChI=1S/C19H19ClN4O2/c1-2-24-17(8-9-21-24)16-7-4-10-23(16)19(25)15-12-18(26-22-15)13-5-3-6-14(20)11-13/h3,5-6,8-9,11-12,16H,2,4,7,10H2,1H3/t16-/m0/s1. The first-order chi connectivity index (χ1) is 12.7. The van der Waals surface area contributed by atoms with Gasteiger partial charge in [-0.2, -0.15) is 5.10 Å². The van der Waals surface area contributed by atoms with E-state index in [9.17, 15) is 4.79 Å². The number of aryl methyl sites for hydroxylation is 1. The van der Waals surface area contributed by atoms with Gasteiger partial charge in [0.25, 0.3) is 5.91 Å². The van der Waals surface area contributed by atoms with Gasteiger partial charge >= 0.3 is 0 Å². The molecule has 0 unspecified atom stereocenters. The normalized spacial score (nSPS) is 17.0. The molecule has 1 fully saturated rings. The average Bonchev–Trinajstić information content (AvgIpc) is 3.40. The number of amides is 1. The molecule has 1 amide bonds. The monoisotopic (exact) mass is 370 g/mol. The van der Waals surface area contributed by atoms with Crippen LogP contribution in [0.4, 0.5) is 0 Å². The highest BCUT2D eigenvalue weighted by Gasteiger charge is 2.33. The summed E-state index contributed by atoms with van der Waals surface area (Å²) in [5.74, 6) is 0.415. The summed E-state index contributed by atoms with van der Waals surface area (Å²) in [5.41, 5.74) is 2.18. The SMILES string of the molecule is CCn1nccc1[C@@H]1CCCN1C(=O)c1cc(-c2cccc(Cl)c2)on1. The molecule has 4 rings (SSSR count). The van der Waals surface area contributed by atoms with Crippen LogP contribution in [0.1, 0.15) is 42.0 Å². The summed E-state index contributed by atoms with van der Waals surface area (Å²) in [6.07, 6.45) is 3.67. The Morgan fingerprint density at radius 2 is 2.23 bits per heavy atom. The van der Waals surface area contributed by atoms with Crippen molar-refractivity contribution in [2.24, 2.45) is 0 Å². The Bertz CT molecular complexity index is 933. The Balaban J connectivity index is 1.59. The minimum absolute atomic E-state index is 0.0243. The van der Waals surface area contributed by atoms with Crippen LogP contribution in [0, 0.1) is 0 Å². The average molecular weight is 371 g/mol. The maximum absolute atomic E-state index is 13.0. The van der Waals surface area contributed by atoms with Crippen molar-refractivity contribution in [3.05, 3.63) is 59.0 Å². The van der Waals surface area contributed by atoms with Gasteiger partial charge in [-0.15, -0.1) is 0 Å². The van der Waals surface area contributed by atoms with E-state index in [1.165, 1.54) is 0 Å². The van der Waals surface area contributed by atoms with Gasteiger partial charge in [0.15, 0.2) is 11.5 Å². The van der Waals surface area contributed by atoms with Gasteiger partial charge in [0.1, 0.15) is 0 Å². The number of hydrogen-bond acceptors (Lipinski definition) is 4. The van der Waals surface area contributed by atoms with Gasteiger partial charge in [0, 0.05) is 35.9 Å². The zero-order chi connectivity index (χ0) is 18.1. The van der Waals surface area contributed by atoms with E-state index in [1.807, 2.05) is 34.7 Å². The molecule has 1 aliphatic heterocycles. The predicted molar refractivity (Wildman–Crippen MR) is 97.9 cm³/mol. The highest BCUT2D eigenvalue weighted by Crippen LogP contribution is 2.33. The zero-order valence-corrected chi connectivity index (χ0v) is 15.2. The number of likely N-dealkylation sites (tertiary alicyclic amines) is 1. The van der Waals surface area contributed by atoms with Crippen LogP contribution in [0.15, 0.2) is 47.1 Å². The van der Waals surface area contributed by atoms with Crippen LogP contribution >= 0.6 is 11.6 Å². The van der Waals surface area contributed by atoms with E-state index < -0.39 is 0 Å². The van der Waals surface area contributed by atoms with Crippen LogP contribution in [-0.2, 0) is 6.54 Å². The third kappa shape index (κ3) is 3.01. The van der Waals surface area contributed by atoms with E-state index in [0.717, 1.165) is 30.6 Å². The van der Waals surface area contributed by atoms with Gasteiger partial charge in [-0.25, -0.2) is 0 Å². The van der Waals surface area contributed by atoms with Crippen LogP contribution < -0.4 is 0 Å². The number of rotatable bonds is 4. The first kappa shape index (κ1) is 16.8. The lowest BCUT2D eigenvalue weighted by atomic mass is 10.1. The van der Waals surface area contributed by atoms with E-state index in [1.54, 1.807) is 24.4 Å². The molecule has 7 heteroatoms. The molecule has 0 saturated carbocycles. The maximum atomic E-state index is 13.0. The number of carbonyl (C=O) groups excluding carboxylic acids is 1. The van der Waals surface area contributed by atoms with Crippen LogP contribution in [-0.4, -0.2) is 32.3 Å². The zero-order valence-electron chi connectivity index (χ0n) is 14.4. The summed E-state index contributed by atoms with van der Waals surface area (Å²) < 4.78 is 7.32. The molecule has 134 valence electrons. The molecule has 2 aromatic heterocycles. The Morgan fingerprint density at radius 3 is 3.04 bits per heavy atom. The summed E-state index contributed by atoms with van der Waals surface area (Å²) in [5, 5.41) is 8.93. The van der Waals surface area contributed by atoms with Crippen LogP contribution in [0.3, 0.4) is 0 Å². The van der Waals surface area contributed by atoms with Gasteiger partial charge in [-0.1, -0.05) is 28.9 Å². The molecular weight excluding hydrogens is 352 g/mol. The molecule has 0 radical (unpaired) electrons. The lowest BCUT2D eigenvalue weighted by Crippen LogP contribution is -2.32. The molecular formula is C19H19ClN4O2. The minimum atomic E-state index is -0.117. The minimum Gasteiger partial charge on any atom is -0.355 e. The molecule has 0 aliphatic carbocycles. The van der Waals surface area contributed by atoms with E-state index in [2.05, 4.69) is 10.3 Å². The van der Waals surface area contributed by atoms with Crippen LogP contribution in [0.25, 0.3) is 11.3 Å². The molecule has 0 N–H and O–H groups in total. The molecule has 1 aromatic carbocycles. The van der Waals surface area contributed by atoms with Crippen molar-refractivity contribution in [1.82, 2.24) is 19.8 Å². The summed E-state index contributed by atoms with van der Waals surface area (Å²) in [6.45, 7) is 3.54.